The fraction of sp³-hybridized carbons (Fsp3) is 0.130. The smallest absolute Gasteiger partial charge is 0.371 e. The lowest BCUT2D eigenvalue weighted by Crippen LogP contribution is -2.34. The molecule has 0 aliphatic rings. The second-order valence-electron chi connectivity index (χ2n) is 7.20. The number of carboxylic acid groups (broad SMARTS) is 2. The van der Waals surface area contributed by atoms with Crippen molar-refractivity contribution in [3.05, 3.63) is 80.5 Å². The van der Waals surface area contributed by atoms with E-state index < -0.39 is 40.4 Å². The number of benzene rings is 2. The molecule has 182 valence electrons. The summed E-state index contributed by atoms with van der Waals surface area (Å²) in [7, 11) is 0. The maximum absolute atomic E-state index is 12.4. The molecule has 35 heavy (non-hydrogen) atoms. The van der Waals surface area contributed by atoms with Gasteiger partial charge in [-0.1, -0.05) is 12.1 Å². The number of hydrogen-bond acceptors (Lipinski definition) is 9. The van der Waals surface area contributed by atoms with E-state index in [9.17, 15) is 19.2 Å². The molecule has 2 aromatic carbocycles. The minimum Gasteiger partial charge on any atom is -0.491 e. The molecule has 0 radical (unpaired) electrons. The fourth-order valence-electron chi connectivity index (χ4n) is 3.25. The molecule has 4 aromatic rings. The van der Waals surface area contributed by atoms with Gasteiger partial charge in [-0.15, -0.1) is 12.4 Å². The molecule has 0 aliphatic heterocycles. The van der Waals surface area contributed by atoms with Crippen LogP contribution in [-0.2, 0) is 0 Å². The van der Waals surface area contributed by atoms with Crippen molar-refractivity contribution in [1.29, 1.82) is 0 Å². The molecule has 0 atom stereocenters. The highest BCUT2D eigenvalue weighted by atomic mass is 35.5. The zero-order chi connectivity index (χ0) is 24.4. The normalized spacial score (nSPS) is 10.8. The van der Waals surface area contributed by atoms with Crippen molar-refractivity contribution in [2.24, 2.45) is 5.73 Å². The Bertz CT molecular complexity index is 1430. The minimum atomic E-state index is -1.37. The van der Waals surface area contributed by atoms with Crippen LogP contribution in [0.5, 0.6) is 11.5 Å². The molecule has 2 aromatic heterocycles. The number of carboxylic acids is 2. The molecule has 0 saturated heterocycles. The topological polar surface area (TPSA) is 180 Å². The van der Waals surface area contributed by atoms with Crippen molar-refractivity contribution in [3.8, 4) is 11.5 Å². The molecule has 11 nitrogen and oxygen atoms in total. The third kappa shape index (κ3) is 5.26. The lowest BCUT2D eigenvalue weighted by Gasteiger charge is -2.16. The summed E-state index contributed by atoms with van der Waals surface area (Å²) in [5, 5.41) is 18.2. The summed E-state index contributed by atoms with van der Waals surface area (Å²) in [5.74, 6) is -3.40. The minimum absolute atomic E-state index is 0. The molecule has 4 N–H and O–H groups in total. The van der Waals surface area contributed by atoms with E-state index >= 15 is 0 Å². The molecule has 0 saturated carbocycles. The molecule has 0 bridgehead atoms. The lowest BCUT2D eigenvalue weighted by molar-refractivity contribution is 0.0653. The van der Waals surface area contributed by atoms with Crippen molar-refractivity contribution in [2.75, 3.05) is 13.2 Å². The molecule has 2 heterocycles. The van der Waals surface area contributed by atoms with Crippen molar-refractivity contribution in [3.63, 3.8) is 0 Å². The molecule has 0 fully saturated rings. The second-order valence-corrected chi connectivity index (χ2v) is 7.20. The summed E-state index contributed by atoms with van der Waals surface area (Å²) in [6, 6.07) is 10.0. The van der Waals surface area contributed by atoms with Crippen LogP contribution in [0.15, 0.2) is 67.0 Å². The predicted molar refractivity (Wildman–Crippen MR) is 125 cm³/mol. The number of halogens is 1. The zero-order valence-corrected chi connectivity index (χ0v) is 18.6. The standard InChI is InChI=1S/C23H17NO10.ClH/c24-11(9-31-14-3-1-5-16-20(14)12(25)7-18(33-16)22(27)28)10-32-15-4-2-6-17-21(15)13(26)8-19(34-17)23(29)30;/h1-8,11H,9-10,24H2,(H,27,28)(H,29,30);1H. The van der Waals surface area contributed by atoms with Gasteiger partial charge in [-0.2, -0.15) is 0 Å². The van der Waals surface area contributed by atoms with Crippen LogP contribution < -0.4 is 26.1 Å². The van der Waals surface area contributed by atoms with E-state index in [1.807, 2.05) is 0 Å². The summed E-state index contributed by atoms with van der Waals surface area (Å²) >= 11 is 0. The van der Waals surface area contributed by atoms with Gasteiger partial charge in [0.1, 0.15) is 46.7 Å². The van der Waals surface area contributed by atoms with E-state index in [-0.39, 0.29) is 59.1 Å². The number of rotatable bonds is 8. The van der Waals surface area contributed by atoms with Crippen LogP contribution >= 0.6 is 12.4 Å². The van der Waals surface area contributed by atoms with Gasteiger partial charge in [-0.05, 0) is 24.3 Å². The lowest BCUT2D eigenvalue weighted by atomic mass is 10.2. The number of carbonyl (C=O) groups is 2. The van der Waals surface area contributed by atoms with E-state index in [1.165, 1.54) is 36.4 Å². The summed E-state index contributed by atoms with van der Waals surface area (Å²) < 4.78 is 21.7. The van der Waals surface area contributed by atoms with Crippen molar-refractivity contribution < 1.29 is 38.1 Å². The van der Waals surface area contributed by atoms with E-state index in [4.69, 9.17) is 34.3 Å². The summed E-state index contributed by atoms with van der Waals surface area (Å²) in [6.07, 6.45) is 0. The molecule has 0 unspecified atom stereocenters. The highest BCUT2D eigenvalue weighted by Crippen LogP contribution is 2.25. The Balaban J connectivity index is 0.00000342. The maximum atomic E-state index is 12.4. The van der Waals surface area contributed by atoms with Gasteiger partial charge in [0.05, 0.1) is 6.04 Å². The Kier molecular flexibility index (Phi) is 7.43. The molecule has 0 aliphatic carbocycles. The number of ether oxygens (including phenoxy) is 2. The van der Waals surface area contributed by atoms with Crippen LogP contribution in [0.2, 0.25) is 0 Å². The number of nitrogens with two attached hydrogens (primary N) is 1. The Morgan fingerprint density at radius 1 is 0.800 bits per heavy atom. The van der Waals surface area contributed by atoms with Crippen molar-refractivity contribution in [1.82, 2.24) is 0 Å². The summed E-state index contributed by atoms with van der Waals surface area (Å²) in [6.45, 7) is -0.163. The van der Waals surface area contributed by atoms with Crippen LogP contribution in [0.1, 0.15) is 21.1 Å². The van der Waals surface area contributed by atoms with E-state index in [0.29, 0.717) is 0 Å². The predicted octanol–water partition coefficient (Wildman–Crippen LogP) is 2.50. The average Bonchev–Trinajstić information content (AvgIpc) is 2.80. The Morgan fingerprint density at radius 3 is 1.57 bits per heavy atom. The third-order valence-corrected chi connectivity index (χ3v) is 4.76. The molecule has 0 spiro atoms. The SMILES string of the molecule is Cl.NC(COc1cccc2oc(C(=O)O)cc(=O)c12)COc1cccc2oc(C(=O)O)cc(=O)c12. The van der Waals surface area contributed by atoms with Crippen LogP contribution in [0.25, 0.3) is 21.9 Å². The summed E-state index contributed by atoms with van der Waals surface area (Å²) in [4.78, 5) is 46.9. The van der Waals surface area contributed by atoms with E-state index in [1.54, 1.807) is 0 Å². The molecule has 12 heteroatoms. The largest absolute Gasteiger partial charge is 0.491 e. The first-order chi connectivity index (χ1) is 16.2. The zero-order valence-electron chi connectivity index (χ0n) is 17.8. The average molecular weight is 504 g/mol. The van der Waals surface area contributed by atoms with Crippen LogP contribution in [-0.4, -0.2) is 41.4 Å². The van der Waals surface area contributed by atoms with Gasteiger partial charge >= 0.3 is 11.9 Å². The van der Waals surface area contributed by atoms with Crippen LogP contribution in [0, 0.1) is 0 Å². The number of fused-ring (bicyclic) bond motifs is 2. The Labute approximate surface area is 201 Å². The number of hydrogen-bond donors (Lipinski definition) is 3. The van der Waals surface area contributed by atoms with Crippen LogP contribution in [0.3, 0.4) is 0 Å². The number of aromatic carboxylic acids is 2. The highest BCUT2D eigenvalue weighted by molar-refractivity contribution is 5.90. The quantitative estimate of drug-likeness (QED) is 0.321. The molecule has 0 amide bonds. The van der Waals surface area contributed by atoms with Gasteiger partial charge in [0, 0.05) is 12.1 Å². The van der Waals surface area contributed by atoms with Gasteiger partial charge < -0.3 is 34.3 Å². The van der Waals surface area contributed by atoms with Crippen LogP contribution in [0.4, 0.5) is 0 Å². The van der Waals surface area contributed by atoms with E-state index in [0.717, 1.165) is 12.1 Å². The first-order valence-corrected chi connectivity index (χ1v) is 9.86. The second kappa shape index (κ2) is 10.3. The van der Waals surface area contributed by atoms with Gasteiger partial charge in [0.15, 0.2) is 10.9 Å². The van der Waals surface area contributed by atoms with E-state index in [2.05, 4.69) is 0 Å². The fourth-order valence-corrected chi connectivity index (χ4v) is 3.25. The molecular formula is C23H18ClNO10. The Hall–Kier alpha value is -4.35. The molecular weight excluding hydrogens is 486 g/mol. The van der Waals surface area contributed by atoms with Gasteiger partial charge in [0.2, 0.25) is 11.5 Å². The molecule has 4 rings (SSSR count). The highest BCUT2D eigenvalue weighted by Gasteiger charge is 2.17. The maximum Gasteiger partial charge on any atom is 0.371 e. The van der Waals surface area contributed by atoms with Gasteiger partial charge in [-0.3, -0.25) is 9.59 Å². The summed E-state index contributed by atoms with van der Waals surface area (Å²) in [5.41, 5.74) is 4.99. The van der Waals surface area contributed by atoms with Crippen molar-refractivity contribution in [2.45, 2.75) is 6.04 Å². The first-order valence-electron chi connectivity index (χ1n) is 9.86. The monoisotopic (exact) mass is 503 g/mol. The van der Waals surface area contributed by atoms with Crippen molar-refractivity contribution >= 4 is 46.3 Å². The third-order valence-electron chi connectivity index (χ3n) is 4.76. The van der Waals surface area contributed by atoms with Gasteiger partial charge in [0.25, 0.3) is 0 Å². The van der Waals surface area contributed by atoms with Gasteiger partial charge in [-0.25, -0.2) is 9.59 Å². The first kappa shape index (κ1) is 25.3. The Morgan fingerprint density at radius 2 is 1.20 bits per heavy atom.